The minimum absolute atomic E-state index is 0.0122. The first-order valence-electron chi connectivity index (χ1n) is 8.80. The molecule has 1 aromatic heterocycles. The van der Waals surface area contributed by atoms with Crippen LogP contribution in [0.2, 0.25) is 5.02 Å². The average Bonchev–Trinajstić information content (AvgIpc) is 3.22. The van der Waals surface area contributed by atoms with Gasteiger partial charge in [0.2, 0.25) is 0 Å². The lowest BCUT2D eigenvalue weighted by molar-refractivity contribution is -0.384. The fraction of sp³-hybridized carbons (Fsp3) is 0.211. The van der Waals surface area contributed by atoms with Crippen LogP contribution < -0.4 is 10.2 Å². The molecule has 0 aliphatic carbocycles. The van der Waals surface area contributed by atoms with Crippen LogP contribution in [-0.4, -0.2) is 33.9 Å². The molecule has 28 heavy (non-hydrogen) atoms. The molecule has 8 nitrogen and oxygen atoms in total. The second kappa shape index (κ2) is 7.40. The van der Waals surface area contributed by atoms with Gasteiger partial charge in [0, 0.05) is 25.2 Å². The Balaban J connectivity index is 1.74. The standard InChI is InChI=1S/C19H16ClN5O3/c20-14-8-7-12(25(27)28)11-13(14)19(26)23-17-18(24-9-3-4-10-24)22-16-6-2-1-5-15(16)21-17/h1-2,5-8,11H,3-4,9-10H2,(H,21,23,26). The third-order valence-electron chi connectivity index (χ3n) is 4.60. The van der Waals surface area contributed by atoms with Crippen molar-refractivity contribution in [2.75, 3.05) is 23.3 Å². The third kappa shape index (κ3) is 3.46. The second-order valence-corrected chi connectivity index (χ2v) is 6.86. The van der Waals surface area contributed by atoms with Crippen molar-refractivity contribution in [3.63, 3.8) is 0 Å². The van der Waals surface area contributed by atoms with E-state index < -0.39 is 10.8 Å². The number of fused-ring (bicyclic) bond motifs is 1. The van der Waals surface area contributed by atoms with Crippen LogP contribution in [0.3, 0.4) is 0 Å². The van der Waals surface area contributed by atoms with Crippen LogP contribution >= 0.6 is 11.6 Å². The number of hydrogen-bond acceptors (Lipinski definition) is 6. The minimum atomic E-state index is -0.571. The van der Waals surface area contributed by atoms with Crippen molar-refractivity contribution in [3.8, 4) is 0 Å². The van der Waals surface area contributed by atoms with Gasteiger partial charge in [-0.1, -0.05) is 23.7 Å². The van der Waals surface area contributed by atoms with Crippen LogP contribution in [0.5, 0.6) is 0 Å². The molecule has 1 aliphatic rings. The van der Waals surface area contributed by atoms with Gasteiger partial charge in [-0.15, -0.1) is 0 Å². The average molecular weight is 398 g/mol. The van der Waals surface area contributed by atoms with E-state index in [1.165, 1.54) is 12.1 Å². The zero-order valence-electron chi connectivity index (χ0n) is 14.8. The molecule has 0 unspecified atom stereocenters. The van der Waals surface area contributed by atoms with Crippen molar-refractivity contribution in [3.05, 3.63) is 63.2 Å². The smallest absolute Gasteiger partial charge is 0.270 e. The molecular formula is C19H16ClN5O3. The van der Waals surface area contributed by atoms with Crippen LogP contribution in [-0.2, 0) is 0 Å². The van der Waals surface area contributed by atoms with Crippen LogP contribution in [0.15, 0.2) is 42.5 Å². The van der Waals surface area contributed by atoms with Crippen molar-refractivity contribution in [1.82, 2.24) is 9.97 Å². The molecule has 1 amide bonds. The zero-order valence-corrected chi connectivity index (χ0v) is 15.5. The maximum Gasteiger partial charge on any atom is 0.270 e. The maximum absolute atomic E-state index is 12.8. The first kappa shape index (κ1) is 18.1. The first-order valence-corrected chi connectivity index (χ1v) is 9.18. The van der Waals surface area contributed by atoms with Gasteiger partial charge in [0.1, 0.15) is 0 Å². The molecule has 0 bridgehead atoms. The fourth-order valence-corrected chi connectivity index (χ4v) is 3.40. The van der Waals surface area contributed by atoms with E-state index in [4.69, 9.17) is 11.6 Å². The number of benzene rings is 2. The van der Waals surface area contributed by atoms with Gasteiger partial charge in [-0.05, 0) is 31.0 Å². The monoisotopic (exact) mass is 397 g/mol. The number of nitro groups is 1. The van der Waals surface area contributed by atoms with E-state index in [0.29, 0.717) is 17.2 Å². The summed E-state index contributed by atoms with van der Waals surface area (Å²) < 4.78 is 0. The van der Waals surface area contributed by atoms with Gasteiger partial charge in [-0.2, -0.15) is 0 Å². The number of aromatic nitrogens is 2. The number of anilines is 2. The number of hydrogen-bond donors (Lipinski definition) is 1. The summed E-state index contributed by atoms with van der Waals surface area (Å²) in [5.74, 6) is 0.331. The number of non-ortho nitro benzene ring substituents is 1. The van der Waals surface area contributed by atoms with Crippen LogP contribution in [0.4, 0.5) is 17.3 Å². The molecule has 2 heterocycles. The second-order valence-electron chi connectivity index (χ2n) is 6.45. The van der Waals surface area contributed by atoms with Crippen LogP contribution in [0.25, 0.3) is 11.0 Å². The summed E-state index contributed by atoms with van der Waals surface area (Å²) in [7, 11) is 0. The lowest BCUT2D eigenvalue weighted by Crippen LogP contribution is -2.23. The summed E-state index contributed by atoms with van der Waals surface area (Å²) >= 11 is 6.09. The molecule has 142 valence electrons. The van der Waals surface area contributed by atoms with E-state index in [0.717, 1.165) is 37.5 Å². The molecule has 1 N–H and O–H groups in total. The number of carbonyl (C=O) groups is 1. The lowest BCUT2D eigenvalue weighted by atomic mass is 10.2. The van der Waals surface area contributed by atoms with E-state index in [1.54, 1.807) is 0 Å². The van der Waals surface area contributed by atoms with Gasteiger partial charge in [0.15, 0.2) is 11.6 Å². The Hall–Kier alpha value is -3.26. The number of nitrogens with zero attached hydrogens (tertiary/aromatic N) is 4. The minimum Gasteiger partial charge on any atom is -0.354 e. The Morgan fingerprint density at radius 1 is 1.11 bits per heavy atom. The quantitative estimate of drug-likeness (QED) is 0.526. The van der Waals surface area contributed by atoms with Crippen molar-refractivity contribution in [2.45, 2.75) is 12.8 Å². The first-order chi connectivity index (χ1) is 13.5. The van der Waals surface area contributed by atoms with Crippen LogP contribution in [0.1, 0.15) is 23.2 Å². The Bertz CT molecular complexity index is 1080. The number of carbonyl (C=O) groups excluding carboxylic acids is 1. The molecule has 1 saturated heterocycles. The van der Waals surface area contributed by atoms with Gasteiger partial charge < -0.3 is 10.2 Å². The highest BCUT2D eigenvalue weighted by Crippen LogP contribution is 2.29. The normalized spacial score (nSPS) is 13.7. The summed E-state index contributed by atoms with van der Waals surface area (Å²) in [6.07, 6.45) is 2.08. The van der Waals surface area contributed by atoms with Gasteiger partial charge in [0.25, 0.3) is 11.6 Å². The SMILES string of the molecule is O=C(Nc1nc2ccccc2nc1N1CCCC1)c1cc([N+](=O)[O-])ccc1Cl. The Kier molecular flexibility index (Phi) is 4.79. The van der Waals surface area contributed by atoms with E-state index in [1.807, 2.05) is 24.3 Å². The number of nitro benzene ring substituents is 1. The highest BCUT2D eigenvalue weighted by atomic mass is 35.5. The Morgan fingerprint density at radius 2 is 1.79 bits per heavy atom. The summed E-state index contributed by atoms with van der Waals surface area (Å²) in [6.45, 7) is 1.65. The highest BCUT2D eigenvalue weighted by molar-refractivity contribution is 6.34. The van der Waals surface area contributed by atoms with E-state index >= 15 is 0 Å². The number of para-hydroxylation sites is 2. The number of amides is 1. The lowest BCUT2D eigenvalue weighted by Gasteiger charge is -2.20. The summed E-state index contributed by atoms with van der Waals surface area (Å²) in [5.41, 5.74) is 1.18. The van der Waals surface area contributed by atoms with Crippen molar-refractivity contribution < 1.29 is 9.72 Å². The molecule has 0 saturated carbocycles. The third-order valence-corrected chi connectivity index (χ3v) is 4.92. The van der Waals surface area contributed by atoms with Crippen molar-refractivity contribution >= 4 is 45.9 Å². The molecule has 9 heteroatoms. The Labute approximate surface area is 165 Å². The fourth-order valence-electron chi connectivity index (χ4n) is 3.20. The van der Waals surface area contributed by atoms with Crippen molar-refractivity contribution in [2.24, 2.45) is 0 Å². The molecular weight excluding hydrogens is 382 g/mol. The molecule has 0 radical (unpaired) electrons. The number of halogens is 1. The number of nitrogens with one attached hydrogen (secondary N) is 1. The molecule has 4 rings (SSSR count). The Morgan fingerprint density at radius 3 is 2.46 bits per heavy atom. The van der Waals surface area contributed by atoms with Gasteiger partial charge >= 0.3 is 0 Å². The summed E-state index contributed by atoms with van der Waals surface area (Å²) in [4.78, 5) is 34.6. The van der Waals surface area contributed by atoms with Gasteiger partial charge in [-0.25, -0.2) is 9.97 Å². The molecule has 0 atom stereocenters. The van der Waals surface area contributed by atoms with Gasteiger partial charge in [0.05, 0.1) is 26.5 Å². The van der Waals surface area contributed by atoms with E-state index in [2.05, 4.69) is 20.2 Å². The maximum atomic E-state index is 12.8. The van der Waals surface area contributed by atoms with Crippen LogP contribution in [0, 0.1) is 10.1 Å². The van der Waals surface area contributed by atoms with E-state index in [-0.39, 0.29) is 16.3 Å². The van der Waals surface area contributed by atoms with Gasteiger partial charge in [-0.3, -0.25) is 14.9 Å². The number of rotatable bonds is 4. The molecule has 0 spiro atoms. The highest BCUT2D eigenvalue weighted by Gasteiger charge is 2.23. The van der Waals surface area contributed by atoms with Crippen molar-refractivity contribution in [1.29, 1.82) is 0 Å². The van der Waals surface area contributed by atoms with E-state index in [9.17, 15) is 14.9 Å². The predicted octanol–water partition coefficient (Wildman–Crippen LogP) is 4.04. The topological polar surface area (TPSA) is 101 Å². The predicted molar refractivity (Wildman–Crippen MR) is 107 cm³/mol. The largest absolute Gasteiger partial charge is 0.354 e. The molecule has 1 fully saturated rings. The molecule has 2 aromatic carbocycles. The summed E-state index contributed by atoms with van der Waals surface area (Å²) in [5, 5.41) is 13.9. The zero-order chi connectivity index (χ0) is 19.7. The molecule has 3 aromatic rings. The molecule has 1 aliphatic heterocycles. The summed E-state index contributed by atoms with van der Waals surface area (Å²) in [6, 6.07) is 11.1.